The number of nitrogens with two attached hydrogens (primary N) is 2. The summed E-state index contributed by atoms with van der Waals surface area (Å²) >= 11 is 6.06. The predicted octanol–water partition coefficient (Wildman–Crippen LogP) is 2.06. The van der Waals surface area contributed by atoms with Crippen molar-refractivity contribution < 1.29 is 14.0 Å². The number of anilines is 1. The third-order valence-corrected chi connectivity index (χ3v) is 2.94. The molecule has 0 bridgehead atoms. The van der Waals surface area contributed by atoms with E-state index in [4.69, 9.17) is 23.1 Å². The molecule has 6 N–H and O–H groups in total. The van der Waals surface area contributed by atoms with E-state index >= 15 is 0 Å². The van der Waals surface area contributed by atoms with E-state index in [1.807, 2.05) is 0 Å². The topological polar surface area (TPSA) is 114 Å². The summed E-state index contributed by atoms with van der Waals surface area (Å²) in [5.74, 6) is -1.25. The number of aromatic amines is 1. The highest BCUT2D eigenvalue weighted by Gasteiger charge is 2.22. The summed E-state index contributed by atoms with van der Waals surface area (Å²) in [6, 6.07) is 4.52. The molecule has 2 rings (SSSR count). The first-order valence-electron chi connectivity index (χ1n) is 5.43. The highest BCUT2D eigenvalue weighted by molar-refractivity contribution is 6.37. The van der Waals surface area contributed by atoms with Gasteiger partial charge in [-0.3, -0.25) is 10.1 Å². The minimum atomic E-state index is -0.879. The Kier molecular flexibility index (Phi) is 3.62. The number of nitrogens with one attached hydrogen (secondary N) is 2. The van der Waals surface area contributed by atoms with Gasteiger partial charge in [0.05, 0.1) is 10.7 Å². The van der Waals surface area contributed by atoms with Crippen LogP contribution in [-0.2, 0) is 0 Å². The molecule has 1 aromatic heterocycles. The zero-order valence-corrected chi connectivity index (χ0v) is 10.8. The SMILES string of the molecule is NC(=O)Nc1[nH]c(-c2ccc(F)cc2)c(Cl)c1C(N)=O. The van der Waals surface area contributed by atoms with Crippen molar-refractivity contribution in [1.29, 1.82) is 0 Å². The Morgan fingerprint density at radius 2 is 1.80 bits per heavy atom. The standard InChI is InChI=1S/C12H10ClFN4O2/c13-8-7(10(15)19)11(18-12(16)20)17-9(8)5-1-3-6(14)4-2-5/h1-4,17H,(H2,15,19)(H3,16,18,20). The summed E-state index contributed by atoms with van der Waals surface area (Å²) in [5, 5.41) is 2.24. The lowest BCUT2D eigenvalue weighted by atomic mass is 10.1. The first-order valence-corrected chi connectivity index (χ1v) is 5.81. The summed E-state index contributed by atoms with van der Waals surface area (Å²) in [6.45, 7) is 0. The second-order valence-electron chi connectivity index (χ2n) is 3.92. The van der Waals surface area contributed by atoms with Crippen LogP contribution in [0.25, 0.3) is 11.3 Å². The molecule has 1 heterocycles. The third kappa shape index (κ3) is 2.57. The molecule has 3 amide bonds. The van der Waals surface area contributed by atoms with E-state index in [1.165, 1.54) is 24.3 Å². The zero-order valence-electron chi connectivity index (χ0n) is 10.0. The Morgan fingerprint density at radius 3 is 2.30 bits per heavy atom. The van der Waals surface area contributed by atoms with Crippen LogP contribution in [0.4, 0.5) is 15.0 Å². The number of rotatable bonds is 3. The maximum atomic E-state index is 12.9. The molecule has 2 aromatic rings. The van der Waals surface area contributed by atoms with Gasteiger partial charge in [0.15, 0.2) is 0 Å². The van der Waals surface area contributed by atoms with E-state index in [1.54, 1.807) is 0 Å². The number of aromatic nitrogens is 1. The number of urea groups is 1. The van der Waals surface area contributed by atoms with Gasteiger partial charge in [0.1, 0.15) is 17.2 Å². The van der Waals surface area contributed by atoms with Gasteiger partial charge in [-0.2, -0.15) is 0 Å². The molecule has 1 aromatic carbocycles. The number of carbonyl (C=O) groups is 2. The average Bonchev–Trinajstić information content (AvgIpc) is 2.66. The van der Waals surface area contributed by atoms with Crippen molar-refractivity contribution in [2.75, 3.05) is 5.32 Å². The average molecular weight is 297 g/mol. The zero-order chi connectivity index (χ0) is 14.9. The smallest absolute Gasteiger partial charge is 0.317 e. The van der Waals surface area contributed by atoms with E-state index in [0.29, 0.717) is 11.3 Å². The maximum absolute atomic E-state index is 12.9. The summed E-state index contributed by atoms with van der Waals surface area (Å²) < 4.78 is 12.9. The van der Waals surface area contributed by atoms with E-state index in [0.717, 1.165) is 0 Å². The van der Waals surface area contributed by atoms with Gasteiger partial charge < -0.3 is 16.5 Å². The van der Waals surface area contributed by atoms with Crippen molar-refractivity contribution >= 4 is 29.4 Å². The van der Waals surface area contributed by atoms with Gasteiger partial charge in [0.2, 0.25) is 0 Å². The number of H-pyrrole nitrogens is 1. The van der Waals surface area contributed by atoms with Gasteiger partial charge in [-0.25, -0.2) is 9.18 Å². The molecule has 0 radical (unpaired) electrons. The lowest BCUT2D eigenvalue weighted by Gasteiger charge is -2.00. The van der Waals surface area contributed by atoms with Gasteiger partial charge in [-0.05, 0) is 29.8 Å². The Morgan fingerprint density at radius 1 is 1.20 bits per heavy atom. The fourth-order valence-corrected chi connectivity index (χ4v) is 2.08. The lowest BCUT2D eigenvalue weighted by Crippen LogP contribution is -2.22. The van der Waals surface area contributed by atoms with Crippen LogP contribution in [0.5, 0.6) is 0 Å². The van der Waals surface area contributed by atoms with Gasteiger partial charge in [-0.15, -0.1) is 0 Å². The Labute approximate surface area is 117 Å². The molecule has 0 unspecified atom stereocenters. The number of benzene rings is 1. The summed E-state index contributed by atoms with van der Waals surface area (Å²) in [7, 11) is 0. The predicted molar refractivity (Wildman–Crippen MR) is 72.9 cm³/mol. The Hall–Kier alpha value is -2.54. The van der Waals surface area contributed by atoms with Gasteiger partial charge >= 0.3 is 6.03 Å². The van der Waals surface area contributed by atoms with Crippen LogP contribution >= 0.6 is 11.6 Å². The molecule has 0 spiro atoms. The van der Waals surface area contributed by atoms with Crippen LogP contribution in [0.3, 0.4) is 0 Å². The number of carbonyl (C=O) groups excluding carboxylic acids is 2. The van der Waals surface area contributed by atoms with Crippen LogP contribution in [-0.4, -0.2) is 16.9 Å². The lowest BCUT2D eigenvalue weighted by molar-refractivity contribution is 0.100. The molecule has 20 heavy (non-hydrogen) atoms. The second-order valence-corrected chi connectivity index (χ2v) is 4.30. The summed E-state index contributed by atoms with van der Waals surface area (Å²) in [4.78, 5) is 25.0. The molecule has 0 saturated carbocycles. The highest BCUT2D eigenvalue weighted by Crippen LogP contribution is 2.35. The van der Waals surface area contributed by atoms with Crippen LogP contribution in [0.15, 0.2) is 24.3 Å². The molecule has 0 fully saturated rings. The first kappa shape index (κ1) is 13.9. The molecule has 0 atom stereocenters. The Bertz CT molecular complexity index is 682. The molecule has 8 heteroatoms. The number of hydrogen-bond donors (Lipinski definition) is 4. The van der Waals surface area contributed by atoms with E-state index < -0.39 is 17.8 Å². The number of halogens is 2. The van der Waals surface area contributed by atoms with Gasteiger partial charge in [0.25, 0.3) is 5.91 Å². The third-order valence-electron chi connectivity index (χ3n) is 2.57. The normalized spacial score (nSPS) is 10.3. The van der Waals surface area contributed by atoms with Gasteiger partial charge in [0, 0.05) is 0 Å². The van der Waals surface area contributed by atoms with Crippen molar-refractivity contribution in [3.63, 3.8) is 0 Å². The molecule has 0 aliphatic heterocycles. The minimum absolute atomic E-state index is 0.00525. The molecule has 0 saturated heterocycles. The molecule has 0 aliphatic carbocycles. The quantitative estimate of drug-likeness (QED) is 0.694. The van der Waals surface area contributed by atoms with Crippen molar-refractivity contribution in [2.24, 2.45) is 11.5 Å². The fraction of sp³-hybridized carbons (Fsp3) is 0. The number of primary amides is 2. The largest absolute Gasteiger partial charge is 0.365 e. The van der Waals surface area contributed by atoms with E-state index in [9.17, 15) is 14.0 Å². The minimum Gasteiger partial charge on any atom is -0.365 e. The number of hydrogen-bond acceptors (Lipinski definition) is 2. The maximum Gasteiger partial charge on any atom is 0.317 e. The van der Waals surface area contributed by atoms with Crippen molar-refractivity contribution in [1.82, 2.24) is 4.98 Å². The molecular weight excluding hydrogens is 287 g/mol. The van der Waals surface area contributed by atoms with Gasteiger partial charge in [-0.1, -0.05) is 11.6 Å². The van der Waals surface area contributed by atoms with Crippen LogP contribution in [0, 0.1) is 5.82 Å². The molecule has 0 aliphatic rings. The summed E-state index contributed by atoms with van der Waals surface area (Å²) in [6.07, 6.45) is 0. The Balaban J connectivity index is 2.57. The second kappa shape index (κ2) is 5.22. The fourth-order valence-electron chi connectivity index (χ4n) is 1.74. The molecule has 6 nitrogen and oxygen atoms in total. The van der Waals surface area contributed by atoms with E-state index in [2.05, 4.69) is 10.3 Å². The van der Waals surface area contributed by atoms with Crippen LogP contribution < -0.4 is 16.8 Å². The monoisotopic (exact) mass is 296 g/mol. The van der Waals surface area contributed by atoms with Crippen LogP contribution in [0.2, 0.25) is 5.02 Å². The van der Waals surface area contributed by atoms with Crippen molar-refractivity contribution in [2.45, 2.75) is 0 Å². The van der Waals surface area contributed by atoms with Crippen molar-refractivity contribution in [3.05, 3.63) is 40.7 Å². The number of amides is 3. The molecule has 104 valence electrons. The first-order chi connectivity index (χ1) is 9.40. The van der Waals surface area contributed by atoms with Crippen LogP contribution in [0.1, 0.15) is 10.4 Å². The molecular formula is C12H10ClFN4O2. The highest BCUT2D eigenvalue weighted by atomic mass is 35.5. The van der Waals surface area contributed by atoms with E-state index in [-0.39, 0.29) is 16.4 Å². The summed E-state index contributed by atoms with van der Waals surface area (Å²) in [5.41, 5.74) is 11.0. The van der Waals surface area contributed by atoms with Crippen molar-refractivity contribution in [3.8, 4) is 11.3 Å².